The molecule has 2 aromatic carbocycles. The second kappa shape index (κ2) is 9.22. The third-order valence-corrected chi connectivity index (χ3v) is 7.65. The third-order valence-electron chi connectivity index (χ3n) is 6.52. The van der Waals surface area contributed by atoms with Gasteiger partial charge in [0, 0.05) is 32.6 Å². The van der Waals surface area contributed by atoms with E-state index in [2.05, 4.69) is 0 Å². The summed E-state index contributed by atoms with van der Waals surface area (Å²) in [6.07, 6.45) is -0.523. The van der Waals surface area contributed by atoms with Gasteiger partial charge in [0.15, 0.2) is 9.84 Å². The normalized spacial score (nSPS) is 20.3. The molecule has 0 saturated heterocycles. The number of alkyl halides is 2. The minimum atomic E-state index is -3.34. The number of hydrogen-bond donors (Lipinski definition) is 0. The van der Waals surface area contributed by atoms with E-state index in [0.29, 0.717) is 11.4 Å². The van der Waals surface area contributed by atoms with Crippen LogP contribution < -0.4 is 9.80 Å². The van der Waals surface area contributed by atoms with Crippen molar-refractivity contribution in [2.24, 2.45) is 0 Å². The van der Waals surface area contributed by atoms with Crippen LogP contribution in [0.4, 0.5) is 25.0 Å². The Bertz CT molecular complexity index is 1240. The largest absolute Gasteiger partial charge is 0.446 e. The van der Waals surface area contributed by atoms with Crippen LogP contribution in [0.3, 0.4) is 0 Å². The van der Waals surface area contributed by atoms with Gasteiger partial charge < -0.3 is 9.64 Å². The fourth-order valence-corrected chi connectivity index (χ4v) is 5.32. The number of ether oxygens (including phenoxy) is 1. The van der Waals surface area contributed by atoms with E-state index in [4.69, 9.17) is 4.74 Å². The van der Waals surface area contributed by atoms with E-state index < -0.39 is 28.0 Å². The molecule has 0 spiro atoms. The van der Waals surface area contributed by atoms with Gasteiger partial charge in [-0.1, -0.05) is 18.2 Å². The molecule has 0 unspecified atom stereocenters. The van der Waals surface area contributed by atoms with E-state index in [-0.39, 0.29) is 49.1 Å². The molecule has 0 bridgehead atoms. The Morgan fingerprint density at radius 2 is 1.60 bits per heavy atom. The molecular weight excluding hydrogens is 478 g/mol. The van der Waals surface area contributed by atoms with Crippen molar-refractivity contribution in [3.8, 4) is 11.1 Å². The summed E-state index contributed by atoms with van der Waals surface area (Å²) in [4.78, 5) is 28.8. The Kier molecular flexibility index (Phi) is 6.61. The molecule has 1 atom stereocenters. The van der Waals surface area contributed by atoms with E-state index in [1.165, 1.54) is 24.0 Å². The maximum absolute atomic E-state index is 13.5. The number of halogens is 2. The summed E-state index contributed by atoms with van der Waals surface area (Å²) in [5, 5.41) is 0. The lowest BCUT2D eigenvalue weighted by atomic mass is 9.94. The predicted octanol–water partition coefficient (Wildman–Crippen LogP) is 5.03. The molecule has 10 heteroatoms. The van der Waals surface area contributed by atoms with Crippen LogP contribution >= 0.6 is 0 Å². The van der Waals surface area contributed by atoms with Crippen LogP contribution in [-0.4, -0.2) is 51.3 Å². The van der Waals surface area contributed by atoms with E-state index in [9.17, 15) is 26.8 Å². The van der Waals surface area contributed by atoms with Gasteiger partial charge in [-0.05, 0) is 55.2 Å². The van der Waals surface area contributed by atoms with Crippen molar-refractivity contribution in [1.29, 1.82) is 0 Å². The molecule has 1 aliphatic carbocycles. The first-order valence-corrected chi connectivity index (χ1v) is 13.4. The second-order valence-electron chi connectivity index (χ2n) is 9.29. The summed E-state index contributed by atoms with van der Waals surface area (Å²) in [7, 11) is -3.34. The van der Waals surface area contributed by atoms with Gasteiger partial charge in [-0.15, -0.1) is 0 Å². The Morgan fingerprint density at radius 3 is 2.17 bits per heavy atom. The number of rotatable bonds is 3. The molecule has 4 rings (SSSR count). The molecule has 0 aromatic heterocycles. The third kappa shape index (κ3) is 5.32. The van der Waals surface area contributed by atoms with E-state index in [1.54, 1.807) is 35.2 Å². The van der Waals surface area contributed by atoms with Gasteiger partial charge in [-0.2, -0.15) is 0 Å². The highest BCUT2D eigenvalue weighted by atomic mass is 32.2. The fourth-order valence-electron chi connectivity index (χ4n) is 4.69. The van der Waals surface area contributed by atoms with Crippen LogP contribution in [0.1, 0.15) is 39.5 Å². The SMILES string of the molecule is CC(=O)N1c2ccc(-c3ccc(S(C)(=O)=O)cc3)cc2N(C(=O)OC2CCC(F)(F)CC2)C[C@@H]1C. The Hall–Kier alpha value is -3.01. The van der Waals surface area contributed by atoms with Gasteiger partial charge in [-0.25, -0.2) is 22.0 Å². The average Bonchev–Trinajstić information content (AvgIpc) is 2.78. The first-order valence-electron chi connectivity index (χ1n) is 11.5. The molecule has 7 nitrogen and oxygen atoms in total. The van der Waals surface area contributed by atoms with Crippen molar-refractivity contribution in [2.75, 3.05) is 22.6 Å². The zero-order valence-electron chi connectivity index (χ0n) is 19.8. The van der Waals surface area contributed by atoms with E-state index in [1.807, 2.05) is 6.92 Å². The molecule has 2 aromatic rings. The average molecular weight is 507 g/mol. The van der Waals surface area contributed by atoms with Crippen molar-refractivity contribution in [3.05, 3.63) is 42.5 Å². The fraction of sp³-hybridized carbons (Fsp3) is 0.440. The number of amides is 2. The zero-order valence-corrected chi connectivity index (χ0v) is 20.6. The van der Waals surface area contributed by atoms with E-state index >= 15 is 0 Å². The Balaban J connectivity index is 1.66. The van der Waals surface area contributed by atoms with Gasteiger partial charge in [0.2, 0.25) is 11.8 Å². The summed E-state index contributed by atoms with van der Waals surface area (Å²) in [6, 6.07) is 11.4. The number of carbonyl (C=O) groups is 2. The first-order chi connectivity index (χ1) is 16.4. The van der Waals surface area contributed by atoms with Crippen LogP contribution in [0, 0.1) is 0 Å². The topological polar surface area (TPSA) is 84.0 Å². The monoisotopic (exact) mass is 506 g/mol. The van der Waals surface area contributed by atoms with Crippen molar-refractivity contribution in [2.45, 2.75) is 62.5 Å². The van der Waals surface area contributed by atoms with Crippen molar-refractivity contribution >= 4 is 33.2 Å². The number of nitrogens with zero attached hydrogens (tertiary/aromatic N) is 2. The van der Waals surface area contributed by atoms with Crippen LogP contribution in [0.15, 0.2) is 47.4 Å². The van der Waals surface area contributed by atoms with Crippen LogP contribution in [-0.2, 0) is 19.4 Å². The lowest BCUT2D eigenvalue weighted by Crippen LogP contribution is -2.52. The molecule has 1 heterocycles. The van der Waals surface area contributed by atoms with Gasteiger partial charge >= 0.3 is 6.09 Å². The molecule has 1 saturated carbocycles. The van der Waals surface area contributed by atoms with Crippen molar-refractivity contribution in [3.63, 3.8) is 0 Å². The predicted molar refractivity (Wildman–Crippen MR) is 129 cm³/mol. The zero-order chi connectivity index (χ0) is 25.5. The van der Waals surface area contributed by atoms with Crippen LogP contribution in [0.5, 0.6) is 0 Å². The highest BCUT2D eigenvalue weighted by Gasteiger charge is 2.39. The number of benzene rings is 2. The summed E-state index contributed by atoms with van der Waals surface area (Å²) in [5.74, 6) is -2.90. The second-order valence-corrected chi connectivity index (χ2v) is 11.3. The van der Waals surface area contributed by atoms with Gasteiger partial charge in [0.25, 0.3) is 0 Å². The highest BCUT2D eigenvalue weighted by Crippen LogP contribution is 2.40. The molecule has 1 fully saturated rings. The summed E-state index contributed by atoms with van der Waals surface area (Å²) in [6.45, 7) is 3.46. The van der Waals surface area contributed by atoms with Gasteiger partial charge in [0.05, 0.1) is 22.3 Å². The molecular formula is C25H28F2N2O5S. The maximum Gasteiger partial charge on any atom is 0.414 e. The number of fused-ring (bicyclic) bond motifs is 1. The van der Waals surface area contributed by atoms with Crippen LogP contribution in [0.25, 0.3) is 11.1 Å². The molecule has 188 valence electrons. The summed E-state index contributed by atoms with van der Waals surface area (Å²) < 4.78 is 56.2. The molecule has 2 amide bonds. The van der Waals surface area contributed by atoms with Crippen LogP contribution in [0.2, 0.25) is 0 Å². The number of hydrogen-bond acceptors (Lipinski definition) is 5. The minimum Gasteiger partial charge on any atom is -0.446 e. The lowest BCUT2D eigenvalue weighted by molar-refractivity contribution is -0.117. The standard InChI is InChI=1S/C25H28F2N2O5S/c1-16-15-28(24(31)34-20-10-12-25(26,27)13-11-20)23-14-19(6-9-22(23)29(16)17(2)30)18-4-7-21(8-5-18)35(3,32)33/h4-9,14,16,20H,10-13,15H2,1-3H3/t16-/m0/s1. The lowest BCUT2D eigenvalue weighted by Gasteiger charge is -2.41. The number of carbonyl (C=O) groups excluding carboxylic acids is 2. The highest BCUT2D eigenvalue weighted by molar-refractivity contribution is 7.90. The maximum atomic E-state index is 13.5. The van der Waals surface area contributed by atoms with Gasteiger partial charge in [0.1, 0.15) is 6.10 Å². The molecule has 35 heavy (non-hydrogen) atoms. The number of sulfone groups is 1. The van der Waals surface area contributed by atoms with Gasteiger partial charge in [-0.3, -0.25) is 9.69 Å². The summed E-state index contributed by atoms with van der Waals surface area (Å²) in [5.41, 5.74) is 2.46. The molecule has 1 aliphatic heterocycles. The smallest absolute Gasteiger partial charge is 0.414 e. The quantitative estimate of drug-likeness (QED) is 0.583. The molecule has 0 radical (unpaired) electrons. The van der Waals surface area contributed by atoms with E-state index in [0.717, 1.165) is 17.4 Å². The Morgan fingerprint density at radius 1 is 1.00 bits per heavy atom. The molecule has 0 N–H and O–H groups in total. The summed E-state index contributed by atoms with van der Waals surface area (Å²) >= 11 is 0. The minimum absolute atomic E-state index is 0.0985. The molecule has 2 aliphatic rings. The number of anilines is 2. The Labute approximate surface area is 203 Å². The van der Waals surface area contributed by atoms with Crippen molar-refractivity contribution < 1.29 is 31.5 Å². The van der Waals surface area contributed by atoms with Crippen molar-refractivity contribution in [1.82, 2.24) is 0 Å². The first kappa shape index (κ1) is 25.1.